The number of H-pyrrole nitrogens is 1. The number of anilines is 1. The van der Waals surface area contributed by atoms with Gasteiger partial charge in [-0.2, -0.15) is 5.10 Å². The van der Waals surface area contributed by atoms with Crippen LogP contribution in [0.1, 0.15) is 24.8 Å². The van der Waals surface area contributed by atoms with Gasteiger partial charge in [-0.15, -0.1) is 0 Å². The Morgan fingerprint density at radius 3 is 2.80 bits per heavy atom. The van der Waals surface area contributed by atoms with Crippen LogP contribution in [0, 0.1) is 17.7 Å². The molecule has 1 aromatic carbocycles. The molecule has 0 spiro atoms. The number of likely N-dealkylation sites (tertiary alicyclic amines) is 1. The van der Waals surface area contributed by atoms with Gasteiger partial charge in [0.25, 0.3) is 5.56 Å². The number of aromatic nitrogens is 2. The predicted octanol–water partition coefficient (Wildman–Crippen LogP) is 1.76. The van der Waals surface area contributed by atoms with Crippen LogP contribution in [-0.4, -0.2) is 53.7 Å². The van der Waals surface area contributed by atoms with Crippen LogP contribution in [0.3, 0.4) is 0 Å². The first-order valence-electron chi connectivity index (χ1n) is 10.6. The number of nitrogens with zero attached hydrogens (tertiary/aromatic N) is 3. The van der Waals surface area contributed by atoms with Crippen LogP contribution in [0.15, 0.2) is 41.3 Å². The van der Waals surface area contributed by atoms with Crippen molar-refractivity contribution in [3.63, 3.8) is 0 Å². The van der Waals surface area contributed by atoms with E-state index in [9.17, 15) is 14.0 Å². The van der Waals surface area contributed by atoms with E-state index in [1.54, 1.807) is 18.3 Å². The van der Waals surface area contributed by atoms with Gasteiger partial charge in [0.2, 0.25) is 5.91 Å². The highest BCUT2D eigenvalue weighted by molar-refractivity contribution is 5.80. The van der Waals surface area contributed by atoms with Crippen LogP contribution in [0.5, 0.6) is 0 Å². The molecule has 1 amide bonds. The van der Waals surface area contributed by atoms with E-state index < -0.39 is 0 Å². The summed E-state index contributed by atoms with van der Waals surface area (Å²) in [6.45, 7) is 4.76. The fourth-order valence-electron chi connectivity index (χ4n) is 4.38. The van der Waals surface area contributed by atoms with Crippen LogP contribution >= 0.6 is 0 Å². The van der Waals surface area contributed by atoms with Crippen LogP contribution in [0.2, 0.25) is 0 Å². The summed E-state index contributed by atoms with van der Waals surface area (Å²) in [7, 11) is 0. The second-order valence-corrected chi connectivity index (χ2v) is 8.33. The summed E-state index contributed by atoms with van der Waals surface area (Å²) in [4.78, 5) is 28.4. The van der Waals surface area contributed by atoms with Crippen LogP contribution < -0.4 is 15.8 Å². The van der Waals surface area contributed by atoms with Crippen molar-refractivity contribution in [3.8, 4) is 0 Å². The number of carbonyl (C=O) groups excluding carboxylic acids is 1. The molecule has 0 bridgehead atoms. The molecule has 1 aromatic heterocycles. The van der Waals surface area contributed by atoms with E-state index >= 15 is 0 Å². The predicted molar refractivity (Wildman–Crippen MR) is 113 cm³/mol. The molecule has 2 fully saturated rings. The van der Waals surface area contributed by atoms with Crippen LogP contribution in [-0.2, 0) is 11.3 Å². The summed E-state index contributed by atoms with van der Waals surface area (Å²) >= 11 is 0. The van der Waals surface area contributed by atoms with Crippen LogP contribution in [0.25, 0.3) is 0 Å². The summed E-state index contributed by atoms with van der Waals surface area (Å²) in [6, 6.07) is 8.30. The molecule has 4 rings (SSSR count). The third kappa shape index (κ3) is 5.24. The number of aromatic amines is 1. The largest absolute Gasteiger partial charge is 0.369 e. The van der Waals surface area contributed by atoms with Crippen molar-refractivity contribution < 1.29 is 9.18 Å². The summed E-state index contributed by atoms with van der Waals surface area (Å²) < 4.78 is 13.3. The maximum atomic E-state index is 13.3. The zero-order chi connectivity index (χ0) is 20.9. The van der Waals surface area contributed by atoms with Gasteiger partial charge in [-0.05, 0) is 56.0 Å². The number of amides is 1. The number of rotatable bonds is 6. The van der Waals surface area contributed by atoms with Gasteiger partial charge in [0.15, 0.2) is 0 Å². The molecule has 2 aromatic rings. The van der Waals surface area contributed by atoms with Crippen molar-refractivity contribution in [3.05, 3.63) is 58.3 Å². The highest BCUT2D eigenvalue weighted by Gasteiger charge is 2.29. The third-order valence-corrected chi connectivity index (χ3v) is 6.14. The highest BCUT2D eigenvalue weighted by Crippen LogP contribution is 2.23. The molecule has 2 aliphatic heterocycles. The molecular weight excluding hydrogens is 385 g/mol. The third-order valence-electron chi connectivity index (χ3n) is 6.14. The van der Waals surface area contributed by atoms with Crippen molar-refractivity contribution >= 4 is 11.6 Å². The molecule has 7 nitrogen and oxygen atoms in total. The van der Waals surface area contributed by atoms with Crippen molar-refractivity contribution in [2.75, 3.05) is 37.6 Å². The van der Waals surface area contributed by atoms with Crippen molar-refractivity contribution in [1.82, 2.24) is 20.4 Å². The SMILES string of the molecule is O=C(NCC1CCN(Cc2cccc(F)c2)CC1)C1CCN(c2cn[nH]c(=O)c2)C1. The normalized spacial score (nSPS) is 20.4. The number of benzene rings is 1. The molecule has 0 saturated carbocycles. The average molecular weight is 413 g/mol. The minimum absolute atomic E-state index is 0.0580. The van der Waals surface area contributed by atoms with Gasteiger partial charge >= 0.3 is 0 Å². The zero-order valence-corrected chi connectivity index (χ0v) is 17.0. The monoisotopic (exact) mass is 413 g/mol. The number of nitrogens with one attached hydrogen (secondary N) is 2. The highest BCUT2D eigenvalue weighted by atomic mass is 19.1. The number of carbonyl (C=O) groups is 1. The molecule has 0 aliphatic carbocycles. The number of hydrogen-bond donors (Lipinski definition) is 2. The van der Waals surface area contributed by atoms with E-state index in [1.165, 1.54) is 12.1 Å². The Bertz CT molecular complexity index is 925. The first-order chi connectivity index (χ1) is 14.6. The lowest BCUT2D eigenvalue weighted by Crippen LogP contribution is -2.40. The Hall–Kier alpha value is -2.74. The first kappa shape index (κ1) is 20.5. The Kier molecular flexibility index (Phi) is 6.42. The summed E-state index contributed by atoms with van der Waals surface area (Å²) in [5, 5.41) is 9.34. The van der Waals surface area contributed by atoms with E-state index in [4.69, 9.17) is 0 Å². The minimum Gasteiger partial charge on any atom is -0.369 e. The van der Waals surface area contributed by atoms with Gasteiger partial charge < -0.3 is 10.2 Å². The van der Waals surface area contributed by atoms with E-state index in [0.29, 0.717) is 19.0 Å². The van der Waals surface area contributed by atoms with Crippen molar-refractivity contribution in [1.29, 1.82) is 0 Å². The maximum Gasteiger partial charge on any atom is 0.266 e. The molecule has 30 heavy (non-hydrogen) atoms. The average Bonchev–Trinajstić information content (AvgIpc) is 3.24. The Morgan fingerprint density at radius 2 is 2.03 bits per heavy atom. The second kappa shape index (κ2) is 9.38. The first-order valence-corrected chi connectivity index (χ1v) is 10.6. The maximum absolute atomic E-state index is 13.3. The lowest BCUT2D eigenvalue weighted by atomic mass is 9.96. The lowest BCUT2D eigenvalue weighted by Gasteiger charge is -2.32. The number of piperidine rings is 1. The molecular formula is C22H28FN5O2. The van der Waals surface area contributed by atoms with Crippen molar-refractivity contribution in [2.24, 2.45) is 11.8 Å². The lowest BCUT2D eigenvalue weighted by molar-refractivity contribution is -0.124. The van der Waals surface area contributed by atoms with Gasteiger partial charge in [-0.1, -0.05) is 12.1 Å². The summed E-state index contributed by atoms with van der Waals surface area (Å²) in [5.41, 5.74) is 1.53. The fourth-order valence-corrected chi connectivity index (χ4v) is 4.38. The zero-order valence-electron chi connectivity index (χ0n) is 17.0. The van der Waals surface area contributed by atoms with E-state index in [0.717, 1.165) is 56.7 Å². The summed E-state index contributed by atoms with van der Waals surface area (Å²) in [6.07, 6.45) is 4.47. The Morgan fingerprint density at radius 1 is 1.20 bits per heavy atom. The number of halogens is 1. The van der Waals surface area contributed by atoms with Gasteiger partial charge in [0, 0.05) is 32.2 Å². The van der Waals surface area contributed by atoms with Gasteiger partial charge in [-0.3, -0.25) is 14.5 Å². The Balaban J connectivity index is 1.18. The molecule has 2 aliphatic rings. The number of hydrogen-bond acceptors (Lipinski definition) is 5. The molecule has 1 unspecified atom stereocenters. The van der Waals surface area contributed by atoms with Crippen molar-refractivity contribution in [2.45, 2.75) is 25.8 Å². The molecule has 8 heteroatoms. The second-order valence-electron chi connectivity index (χ2n) is 8.33. The Labute approximate surface area is 175 Å². The molecule has 2 saturated heterocycles. The quantitative estimate of drug-likeness (QED) is 0.754. The minimum atomic E-state index is -0.232. The van der Waals surface area contributed by atoms with Gasteiger partial charge in [0.05, 0.1) is 17.8 Å². The summed E-state index contributed by atoms with van der Waals surface area (Å²) in [5.74, 6) is 0.327. The van der Waals surface area contributed by atoms with E-state index in [2.05, 4.69) is 20.4 Å². The van der Waals surface area contributed by atoms with E-state index in [-0.39, 0.29) is 23.2 Å². The van der Waals surface area contributed by atoms with Gasteiger partial charge in [-0.25, -0.2) is 9.49 Å². The molecule has 3 heterocycles. The smallest absolute Gasteiger partial charge is 0.266 e. The molecule has 1 atom stereocenters. The van der Waals surface area contributed by atoms with Crippen LogP contribution in [0.4, 0.5) is 10.1 Å². The van der Waals surface area contributed by atoms with Gasteiger partial charge in [0.1, 0.15) is 5.82 Å². The molecule has 2 N–H and O–H groups in total. The molecule has 0 radical (unpaired) electrons. The standard InChI is InChI=1S/C22H28FN5O2/c23-19-3-1-2-17(10-19)14-27-7-4-16(5-8-27)12-24-22(30)18-6-9-28(15-18)20-11-21(29)26-25-13-20/h1-3,10-11,13,16,18H,4-9,12,14-15H2,(H,24,30)(H,26,29). The fraction of sp³-hybridized carbons (Fsp3) is 0.500. The topological polar surface area (TPSA) is 81.3 Å². The molecule has 160 valence electrons. The van der Waals surface area contributed by atoms with E-state index in [1.807, 2.05) is 11.0 Å².